The zero-order chi connectivity index (χ0) is 14.1. The van der Waals surface area contributed by atoms with Crippen molar-refractivity contribution >= 4 is 6.09 Å². The minimum absolute atomic E-state index is 0.154. The van der Waals surface area contributed by atoms with Gasteiger partial charge in [-0.2, -0.15) is 0 Å². The van der Waals surface area contributed by atoms with Crippen molar-refractivity contribution in [2.75, 3.05) is 19.6 Å². The summed E-state index contributed by atoms with van der Waals surface area (Å²) < 4.78 is 5.49. The van der Waals surface area contributed by atoms with E-state index in [1.165, 1.54) is 19.3 Å². The van der Waals surface area contributed by atoms with Gasteiger partial charge in [-0.3, -0.25) is 0 Å². The van der Waals surface area contributed by atoms with E-state index in [0.29, 0.717) is 5.92 Å². The number of rotatable bonds is 1. The predicted molar refractivity (Wildman–Crippen MR) is 76.2 cm³/mol. The van der Waals surface area contributed by atoms with Crippen molar-refractivity contribution < 1.29 is 9.53 Å². The van der Waals surface area contributed by atoms with Crippen LogP contribution in [0.25, 0.3) is 0 Å². The van der Waals surface area contributed by atoms with E-state index in [1.54, 1.807) is 0 Å². The quantitative estimate of drug-likeness (QED) is 0.795. The largest absolute Gasteiger partial charge is 0.444 e. The number of amides is 1. The first-order valence-electron chi connectivity index (χ1n) is 7.53. The van der Waals surface area contributed by atoms with E-state index in [9.17, 15) is 4.79 Å². The maximum Gasteiger partial charge on any atom is 0.410 e. The zero-order valence-electron chi connectivity index (χ0n) is 12.8. The van der Waals surface area contributed by atoms with E-state index >= 15 is 0 Å². The van der Waals surface area contributed by atoms with Crippen LogP contribution in [0.2, 0.25) is 0 Å². The van der Waals surface area contributed by atoms with E-state index in [0.717, 1.165) is 26.1 Å². The van der Waals surface area contributed by atoms with Gasteiger partial charge in [0.25, 0.3) is 0 Å². The Labute approximate surface area is 116 Å². The summed E-state index contributed by atoms with van der Waals surface area (Å²) in [6.45, 7) is 10.9. The molecule has 2 heterocycles. The van der Waals surface area contributed by atoms with E-state index < -0.39 is 5.60 Å². The number of hydrogen-bond donors (Lipinski definition) is 1. The Morgan fingerprint density at radius 1 is 1.37 bits per heavy atom. The minimum Gasteiger partial charge on any atom is -0.444 e. The maximum absolute atomic E-state index is 12.2. The third-order valence-electron chi connectivity index (χ3n) is 4.38. The molecule has 0 spiro atoms. The summed E-state index contributed by atoms with van der Waals surface area (Å²) in [7, 11) is 0. The first-order valence-corrected chi connectivity index (χ1v) is 7.53. The van der Waals surface area contributed by atoms with Crippen molar-refractivity contribution in [3.63, 3.8) is 0 Å². The summed E-state index contributed by atoms with van der Waals surface area (Å²) in [6, 6.07) is 0. The standard InChI is InChI=1S/C15H28N2O2/c1-14(2,3)19-13(18)17-10-5-7-12(11-17)15(4)8-6-9-16-15/h12,16H,5-11H2,1-4H3. The second-order valence-corrected chi connectivity index (χ2v) is 7.21. The molecule has 2 aliphatic heterocycles. The number of hydrogen-bond acceptors (Lipinski definition) is 3. The number of ether oxygens (including phenoxy) is 1. The van der Waals surface area contributed by atoms with Crippen molar-refractivity contribution in [2.24, 2.45) is 5.92 Å². The van der Waals surface area contributed by atoms with Crippen LogP contribution in [0, 0.1) is 5.92 Å². The summed E-state index contributed by atoms with van der Waals surface area (Å²) in [5.41, 5.74) is -0.194. The number of nitrogens with one attached hydrogen (secondary N) is 1. The molecule has 1 amide bonds. The Kier molecular flexibility index (Phi) is 4.09. The third-order valence-corrected chi connectivity index (χ3v) is 4.38. The molecule has 4 nitrogen and oxygen atoms in total. The molecular weight excluding hydrogens is 240 g/mol. The molecule has 0 aromatic rings. The lowest BCUT2D eigenvalue weighted by Gasteiger charge is -2.41. The average Bonchev–Trinajstić information content (AvgIpc) is 2.76. The van der Waals surface area contributed by atoms with Gasteiger partial charge in [0, 0.05) is 18.6 Å². The second-order valence-electron chi connectivity index (χ2n) is 7.21. The number of likely N-dealkylation sites (tertiary alicyclic amines) is 1. The van der Waals surface area contributed by atoms with Crippen molar-refractivity contribution in [3.05, 3.63) is 0 Å². The normalized spacial score (nSPS) is 32.4. The van der Waals surface area contributed by atoms with Crippen LogP contribution in [0.4, 0.5) is 4.79 Å². The van der Waals surface area contributed by atoms with Gasteiger partial charge >= 0.3 is 6.09 Å². The van der Waals surface area contributed by atoms with Gasteiger partial charge in [0.2, 0.25) is 0 Å². The Morgan fingerprint density at radius 3 is 2.68 bits per heavy atom. The average molecular weight is 268 g/mol. The molecule has 0 bridgehead atoms. The van der Waals surface area contributed by atoms with Crippen LogP contribution >= 0.6 is 0 Å². The molecule has 2 atom stereocenters. The second kappa shape index (κ2) is 5.31. The Balaban J connectivity index is 1.95. The predicted octanol–water partition coefficient (Wildman–Crippen LogP) is 2.78. The third kappa shape index (κ3) is 3.62. The lowest BCUT2D eigenvalue weighted by atomic mass is 9.79. The highest BCUT2D eigenvalue weighted by Gasteiger charge is 2.40. The first kappa shape index (κ1) is 14.6. The molecule has 1 N–H and O–H groups in total. The molecule has 4 heteroatoms. The highest BCUT2D eigenvalue weighted by atomic mass is 16.6. The molecule has 2 saturated heterocycles. The lowest BCUT2D eigenvalue weighted by molar-refractivity contribution is 0.0110. The monoisotopic (exact) mass is 268 g/mol. The summed E-state index contributed by atoms with van der Waals surface area (Å²) in [5.74, 6) is 0.552. The number of carbonyl (C=O) groups excluding carboxylic acids is 1. The molecule has 2 aliphatic rings. The van der Waals surface area contributed by atoms with Crippen LogP contribution < -0.4 is 5.32 Å². The SMILES string of the molecule is CC(C)(C)OC(=O)N1CCCC(C2(C)CCCN2)C1. The zero-order valence-corrected chi connectivity index (χ0v) is 12.8. The molecule has 2 rings (SSSR count). The highest BCUT2D eigenvalue weighted by Crippen LogP contribution is 2.33. The van der Waals surface area contributed by atoms with Crippen molar-refractivity contribution in [2.45, 2.75) is 64.5 Å². The Bertz CT molecular complexity index is 330. The van der Waals surface area contributed by atoms with E-state index in [4.69, 9.17) is 4.74 Å². The number of piperidine rings is 1. The Morgan fingerprint density at radius 2 is 2.11 bits per heavy atom. The lowest BCUT2D eigenvalue weighted by Crippen LogP contribution is -2.53. The van der Waals surface area contributed by atoms with E-state index in [1.807, 2.05) is 25.7 Å². The van der Waals surface area contributed by atoms with Crippen LogP contribution in [0.1, 0.15) is 53.4 Å². The van der Waals surface area contributed by atoms with Gasteiger partial charge in [-0.25, -0.2) is 4.79 Å². The number of carbonyl (C=O) groups is 1. The summed E-state index contributed by atoms with van der Waals surface area (Å²) in [5, 5.41) is 3.63. The molecular formula is C15H28N2O2. The highest BCUT2D eigenvalue weighted by molar-refractivity contribution is 5.68. The topological polar surface area (TPSA) is 41.6 Å². The van der Waals surface area contributed by atoms with Gasteiger partial charge in [-0.1, -0.05) is 0 Å². The van der Waals surface area contributed by atoms with Crippen LogP contribution in [0.3, 0.4) is 0 Å². The molecule has 0 aliphatic carbocycles. The summed E-state index contributed by atoms with van der Waals surface area (Å²) in [4.78, 5) is 14.1. The van der Waals surface area contributed by atoms with Gasteiger partial charge in [0.15, 0.2) is 0 Å². The van der Waals surface area contributed by atoms with Gasteiger partial charge < -0.3 is 15.0 Å². The molecule has 0 aromatic heterocycles. The molecule has 0 aromatic carbocycles. The van der Waals surface area contributed by atoms with E-state index in [2.05, 4.69) is 12.2 Å². The van der Waals surface area contributed by atoms with Gasteiger partial charge in [0.1, 0.15) is 5.60 Å². The summed E-state index contributed by atoms with van der Waals surface area (Å²) in [6.07, 6.45) is 4.61. The Hall–Kier alpha value is -0.770. The fourth-order valence-electron chi connectivity index (χ4n) is 3.26. The van der Waals surface area contributed by atoms with E-state index in [-0.39, 0.29) is 11.6 Å². The smallest absolute Gasteiger partial charge is 0.410 e. The van der Waals surface area contributed by atoms with Crippen molar-refractivity contribution in [1.82, 2.24) is 10.2 Å². The fraction of sp³-hybridized carbons (Fsp3) is 0.933. The molecule has 110 valence electrons. The molecule has 19 heavy (non-hydrogen) atoms. The fourth-order valence-corrected chi connectivity index (χ4v) is 3.26. The summed E-state index contributed by atoms with van der Waals surface area (Å²) >= 11 is 0. The molecule has 0 radical (unpaired) electrons. The first-order chi connectivity index (χ1) is 8.80. The molecule has 0 saturated carbocycles. The van der Waals surface area contributed by atoms with Gasteiger partial charge in [-0.15, -0.1) is 0 Å². The van der Waals surface area contributed by atoms with Crippen LogP contribution in [-0.4, -0.2) is 41.8 Å². The van der Waals surface area contributed by atoms with Crippen LogP contribution in [0.15, 0.2) is 0 Å². The molecule has 2 unspecified atom stereocenters. The van der Waals surface area contributed by atoms with Crippen LogP contribution in [0.5, 0.6) is 0 Å². The van der Waals surface area contributed by atoms with Crippen LogP contribution in [-0.2, 0) is 4.74 Å². The maximum atomic E-state index is 12.2. The van der Waals surface area contributed by atoms with Crippen molar-refractivity contribution in [1.29, 1.82) is 0 Å². The van der Waals surface area contributed by atoms with Gasteiger partial charge in [0.05, 0.1) is 0 Å². The minimum atomic E-state index is -0.403. The molecule has 2 fully saturated rings. The van der Waals surface area contributed by atoms with Gasteiger partial charge in [-0.05, 0) is 65.8 Å². The number of nitrogens with zero attached hydrogens (tertiary/aromatic N) is 1. The van der Waals surface area contributed by atoms with Crippen molar-refractivity contribution in [3.8, 4) is 0 Å².